The molecule has 0 aliphatic heterocycles. The zero-order valence-electron chi connectivity index (χ0n) is 8.06. The van der Waals surface area contributed by atoms with Crippen LogP contribution in [0.4, 0.5) is 0 Å². The molecule has 0 rings (SSSR count). The van der Waals surface area contributed by atoms with Crippen LogP contribution in [-0.4, -0.2) is 0 Å². The van der Waals surface area contributed by atoms with Crippen LogP contribution in [0.5, 0.6) is 0 Å². The third-order valence-electron chi connectivity index (χ3n) is 1.72. The van der Waals surface area contributed by atoms with Gasteiger partial charge in [0.1, 0.15) is 0 Å². The van der Waals surface area contributed by atoms with Gasteiger partial charge in [-0.3, -0.25) is 0 Å². The lowest BCUT2D eigenvalue weighted by Crippen LogP contribution is -1.88. The topological polar surface area (TPSA) is 0 Å². The number of hydrogen-bond acceptors (Lipinski definition) is 0. The van der Waals surface area contributed by atoms with Gasteiger partial charge >= 0.3 is 0 Å². The summed E-state index contributed by atoms with van der Waals surface area (Å²) in [6, 6.07) is 0. The second-order valence-electron chi connectivity index (χ2n) is 3.32. The van der Waals surface area contributed by atoms with Crippen molar-refractivity contribution in [3.63, 3.8) is 0 Å². The smallest absolute Gasteiger partial charge is 0.0259 e. The summed E-state index contributed by atoms with van der Waals surface area (Å²) in [6.45, 7) is 10.3. The lowest BCUT2D eigenvalue weighted by atomic mass is 10.0. The van der Waals surface area contributed by atoms with Gasteiger partial charge in [0.15, 0.2) is 0 Å². The van der Waals surface area contributed by atoms with E-state index >= 15 is 0 Å². The van der Waals surface area contributed by atoms with Crippen LogP contribution < -0.4 is 0 Å². The van der Waals surface area contributed by atoms with E-state index in [0.29, 0.717) is 5.92 Å². The van der Waals surface area contributed by atoms with Gasteiger partial charge in [0, 0.05) is 0 Å². The molecule has 0 N–H and O–H groups in total. The highest BCUT2D eigenvalue weighted by molar-refractivity contribution is 5.11. The van der Waals surface area contributed by atoms with Gasteiger partial charge in [-0.15, -0.1) is 0 Å². The van der Waals surface area contributed by atoms with E-state index in [-0.39, 0.29) is 0 Å². The minimum Gasteiger partial charge on any atom is -0.0961 e. The SMILES string of the molecule is C=C(C)/C=C\C(C)CCCC. The van der Waals surface area contributed by atoms with Crippen molar-refractivity contribution >= 4 is 0 Å². The molecule has 0 spiro atoms. The second-order valence-corrected chi connectivity index (χ2v) is 3.32. The average Bonchev–Trinajstić information content (AvgIpc) is 1.97. The molecule has 0 fully saturated rings. The Bertz CT molecular complexity index is 131. The van der Waals surface area contributed by atoms with E-state index in [1.54, 1.807) is 0 Å². The largest absolute Gasteiger partial charge is 0.0961 e. The van der Waals surface area contributed by atoms with E-state index in [0.717, 1.165) is 5.57 Å². The van der Waals surface area contributed by atoms with E-state index in [1.165, 1.54) is 19.3 Å². The maximum absolute atomic E-state index is 3.82. The molecule has 0 aliphatic carbocycles. The van der Waals surface area contributed by atoms with Crippen LogP contribution in [0.1, 0.15) is 40.0 Å². The zero-order chi connectivity index (χ0) is 8.69. The quantitative estimate of drug-likeness (QED) is 0.523. The predicted molar refractivity (Wildman–Crippen MR) is 52.6 cm³/mol. The van der Waals surface area contributed by atoms with Gasteiger partial charge in [-0.1, -0.05) is 51.0 Å². The fourth-order valence-electron chi connectivity index (χ4n) is 0.951. The van der Waals surface area contributed by atoms with Crippen LogP contribution in [0.3, 0.4) is 0 Å². The molecule has 0 aromatic carbocycles. The standard InChI is InChI=1S/C11H20/c1-5-6-7-11(4)9-8-10(2)3/h8-9,11H,2,5-7H2,1,3-4H3/b9-8-. The van der Waals surface area contributed by atoms with Crippen molar-refractivity contribution in [1.29, 1.82) is 0 Å². The van der Waals surface area contributed by atoms with Crippen LogP contribution in [0.2, 0.25) is 0 Å². The lowest BCUT2D eigenvalue weighted by molar-refractivity contribution is 0.598. The molecule has 64 valence electrons. The Hall–Kier alpha value is -0.520. The van der Waals surface area contributed by atoms with Gasteiger partial charge in [0.25, 0.3) is 0 Å². The first-order chi connectivity index (χ1) is 5.16. The Balaban J connectivity index is 3.50. The van der Waals surface area contributed by atoms with Crippen molar-refractivity contribution in [2.45, 2.75) is 40.0 Å². The lowest BCUT2D eigenvalue weighted by Gasteiger charge is -2.03. The summed E-state index contributed by atoms with van der Waals surface area (Å²) in [5.74, 6) is 0.714. The molecule has 0 saturated heterocycles. The maximum atomic E-state index is 3.82. The summed E-state index contributed by atoms with van der Waals surface area (Å²) in [5.41, 5.74) is 1.15. The Morgan fingerprint density at radius 3 is 2.64 bits per heavy atom. The van der Waals surface area contributed by atoms with Crippen molar-refractivity contribution in [2.24, 2.45) is 5.92 Å². The Kier molecular flexibility index (Phi) is 5.91. The van der Waals surface area contributed by atoms with Crippen molar-refractivity contribution < 1.29 is 0 Å². The maximum Gasteiger partial charge on any atom is -0.0259 e. The van der Waals surface area contributed by atoms with E-state index in [2.05, 4.69) is 32.6 Å². The number of hydrogen-bond donors (Lipinski definition) is 0. The van der Waals surface area contributed by atoms with Crippen molar-refractivity contribution in [3.8, 4) is 0 Å². The van der Waals surface area contributed by atoms with Gasteiger partial charge in [-0.2, -0.15) is 0 Å². The fraction of sp³-hybridized carbons (Fsp3) is 0.636. The highest BCUT2D eigenvalue weighted by Crippen LogP contribution is 2.09. The third kappa shape index (κ3) is 7.38. The van der Waals surface area contributed by atoms with Gasteiger partial charge in [0.2, 0.25) is 0 Å². The first kappa shape index (κ1) is 10.5. The summed E-state index contributed by atoms with van der Waals surface area (Å²) >= 11 is 0. The van der Waals surface area contributed by atoms with E-state index in [4.69, 9.17) is 0 Å². The molecule has 11 heavy (non-hydrogen) atoms. The first-order valence-electron chi connectivity index (χ1n) is 4.50. The summed E-state index contributed by atoms with van der Waals surface area (Å²) in [4.78, 5) is 0. The molecular weight excluding hydrogens is 132 g/mol. The molecule has 0 amide bonds. The molecule has 0 nitrogen and oxygen atoms in total. The third-order valence-corrected chi connectivity index (χ3v) is 1.72. The van der Waals surface area contributed by atoms with Gasteiger partial charge in [-0.05, 0) is 19.3 Å². The van der Waals surface area contributed by atoms with Crippen LogP contribution in [0.15, 0.2) is 24.3 Å². The van der Waals surface area contributed by atoms with Crippen molar-refractivity contribution in [2.75, 3.05) is 0 Å². The molecule has 1 atom stereocenters. The molecule has 0 aliphatic rings. The van der Waals surface area contributed by atoms with E-state index in [9.17, 15) is 0 Å². The van der Waals surface area contributed by atoms with Crippen LogP contribution >= 0.6 is 0 Å². The minimum atomic E-state index is 0.714. The van der Waals surface area contributed by atoms with Gasteiger partial charge < -0.3 is 0 Å². The molecule has 0 radical (unpaired) electrons. The molecule has 0 heteroatoms. The first-order valence-corrected chi connectivity index (χ1v) is 4.50. The highest BCUT2D eigenvalue weighted by Gasteiger charge is 1.94. The summed E-state index contributed by atoms with van der Waals surface area (Å²) in [7, 11) is 0. The summed E-state index contributed by atoms with van der Waals surface area (Å²) in [5, 5.41) is 0. The van der Waals surface area contributed by atoms with E-state index in [1.807, 2.05) is 6.92 Å². The number of rotatable bonds is 5. The number of allylic oxidation sites excluding steroid dienone is 3. The molecule has 0 aromatic heterocycles. The molecule has 1 unspecified atom stereocenters. The van der Waals surface area contributed by atoms with Crippen molar-refractivity contribution in [3.05, 3.63) is 24.3 Å². The minimum absolute atomic E-state index is 0.714. The Labute approximate surface area is 71.0 Å². The molecule has 0 saturated carbocycles. The summed E-state index contributed by atoms with van der Waals surface area (Å²) < 4.78 is 0. The monoisotopic (exact) mass is 152 g/mol. The molecule has 0 heterocycles. The number of unbranched alkanes of at least 4 members (excludes halogenated alkanes) is 1. The Morgan fingerprint density at radius 1 is 1.55 bits per heavy atom. The van der Waals surface area contributed by atoms with Crippen LogP contribution in [0, 0.1) is 5.92 Å². The van der Waals surface area contributed by atoms with Crippen LogP contribution in [0.25, 0.3) is 0 Å². The predicted octanol–water partition coefficient (Wildman–Crippen LogP) is 3.95. The summed E-state index contributed by atoms with van der Waals surface area (Å²) in [6.07, 6.45) is 8.30. The van der Waals surface area contributed by atoms with Gasteiger partial charge in [-0.25, -0.2) is 0 Å². The van der Waals surface area contributed by atoms with Crippen LogP contribution in [-0.2, 0) is 0 Å². The molecular formula is C11H20. The van der Waals surface area contributed by atoms with Crippen molar-refractivity contribution in [1.82, 2.24) is 0 Å². The normalized spacial score (nSPS) is 13.7. The average molecular weight is 152 g/mol. The fourth-order valence-corrected chi connectivity index (χ4v) is 0.951. The zero-order valence-corrected chi connectivity index (χ0v) is 8.06. The molecule has 0 aromatic rings. The highest BCUT2D eigenvalue weighted by atomic mass is 14.0. The van der Waals surface area contributed by atoms with Gasteiger partial charge in [0.05, 0.1) is 0 Å². The molecule has 0 bridgehead atoms. The van der Waals surface area contributed by atoms with E-state index < -0.39 is 0 Å². The second kappa shape index (κ2) is 6.21. The Morgan fingerprint density at radius 2 is 2.18 bits per heavy atom.